The van der Waals surface area contributed by atoms with E-state index in [1.54, 1.807) is 20.3 Å². The van der Waals surface area contributed by atoms with Crippen LogP contribution < -0.4 is 9.47 Å². The smallest absolute Gasteiger partial charge is 0.122 e. The van der Waals surface area contributed by atoms with Gasteiger partial charge < -0.3 is 19.3 Å². The van der Waals surface area contributed by atoms with Gasteiger partial charge in [-0.15, -0.1) is 0 Å². The maximum atomic E-state index is 10.6. The molecule has 0 bridgehead atoms. The Morgan fingerprint density at radius 1 is 1.24 bits per heavy atom. The number of ether oxygens (including phenoxy) is 3. The van der Waals surface area contributed by atoms with Crippen LogP contribution in [0.3, 0.4) is 0 Å². The van der Waals surface area contributed by atoms with Gasteiger partial charge in [0.05, 0.1) is 26.9 Å². The first-order valence-corrected chi connectivity index (χ1v) is 5.67. The third-order valence-corrected chi connectivity index (χ3v) is 3.37. The lowest BCUT2D eigenvalue weighted by Gasteiger charge is -2.27. The highest BCUT2D eigenvalue weighted by atomic mass is 16.5. The molecule has 0 amide bonds. The van der Waals surface area contributed by atoms with Crippen molar-refractivity contribution in [2.24, 2.45) is 0 Å². The molecule has 2 rings (SSSR count). The SMILES string of the molecule is COc1cc(OC)cc(C2(O)CCOC2C)c1. The molecule has 4 heteroatoms. The number of hydrogen-bond acceptors (Lipinski definition) is 4. The quantitative estimate of drug-likeness (QED) is 0.870. The predicted molar refractivity (Wildman–Crippen MR) is 63.5 cm³/mol. The van der Waals surface area contributed by atoms with Gasteiger partial charge in [-0.3, -0.25) is 0 Å². The van der Waals surface area contributed by atoms with Crippen LogP contribution in [-0.4, -0.2) is 32.0 Å². The molecule has 0 saturated carbocycles. The van der Waals surface area contributed by atoms with Gasteiger partial charge >= 0.3 is 0 Å². The van der Waals surface area contributed by atoms with Crippen LogP contribution in [0.15, 0.2) is 18.2 Å². The van der Waals surface area contributed by atoms with E-state index in [-0.39, 0.29) is 6.10 Å². The number of rotatable bonds is 3. The first-order valence-electron chi connectivity index (χ1n) is 5.67. The summed E-state index contributed by atoms with van der Waals surface area (Å²) in [4.78, 5) is 0. The summed E-state index contributed by atoms with van der Waals surface area (Å²) in [6.45, 7) is 2.44. The molecule has 1 N–H and O–H groups in total. The standard InChI is InChI=1S/C13H18O4/c1-9-13(14,4-5-17-9)10-6-11(15-2)8-12(7-10)16-3/h6-9,14H,4-5H2,1-3H3. The van der Waals surface area contributed by atoms with Crippen LogP contribution >= 0.6 is 0 Å². The molecule has 0 aromatic heterocycles. The van der Waals surface area contributed by atoms with Gasteiger partial charge in [-0.1, -0.05) is 0 Å². The van der Waals surface area contributed by atoms with Gasteiger partial charge in [-0.25, -0.2) is 0 Å². The zero-order chi connectivity index (χ0) is 12.5. The molecular formula is C13H18O4. The lowest BCUT2D eigenvalue weighted by Crippen LogP contribution is -2.33. The van der Waals surface area contributed by atoms with Crippen molar-refractivity contribution in [2.75, 3.05) is 20.8 Å². The molecule has 2 unspecified atom stereocenters. The molecule has 1 aliphatic rings. The highest BCUT2D eigenvalue weighted by molar-refractivity contribution is 5.41. The lowest BCUT2D eigenvalue weighted by atomic mass is 9.87. The van der Waals surface area contributed by atoms with E-state index in [0.717, 1.165) is 5.56 Å². The number of methoxy groups -OCH3 is 2. The number of benzene rings is 1. The molecule has 1 heterocycles. The normalized spacial score (nSPS) is 28.1. The summed E-state index contributed by atoms with van der Waals surface area (Å²) in [5.41, 5.74) is -0.180. The Kier molecular flexibility index (Phi) is 3.26. The Bertz CT molecular complexity index is 382. The molecule has 17 heavy (non-hydrogen) atoms. The second-order valence-corrected chi connectivity index (χ2v) is 4.29. The number of hydrogen-bond donors (Lipinski definition) is 1. The van der Waals surface area contributed by atoms with E-state index in [4.69, 9.17) is 14.2 Å². The molecule has 0 radical (unpaired) electrons. The molecule has 94 valence electrons. The van der Waals surface area contributed by atoms with Gasteiger partial charge in [0, 0.05) is 12.5 Å². The summed E-state index contributed by atoms with van der Waals surface area (Å²) in [6, 6.07) is 5.44. The van der Waals surface area contributed by atoms with Crippen LogP contribution in [0.25, 0.3) is 0 Å². The van der Waals surface area contributed by atoms with Crippen molar-refractivity contribution in [2.45, 2.75) is 25.0 Å². The third kappa shape index (κ3) is 2.10. The first-order chi connectivity index (χ1) is 8.10. The maximum Gasteiger partial charge on any atom is 0.122 e. The van der Waals surface area contributed by atoms with Crippen molar-refractivity contribution in [3.8, 4) is 11.5 Å². The summed E-state index contributed by atoms with van der Waals surface area (Å²) in [7, 11) is 3.19. The Balaban J connectivity index is 2.43. The van der Waals surface area contributed by atoms with E-state index in [0.29, 0.717) is 24.5 Å². The average molecular weight is 238 g/mol. The summed E-state index contributed by atoms with van der Waals surface area (Å²) >= 11 is 0. The summed E-state index contributed by atoms with van der Waals surface area (Å²) in [6.07, 6.45) is 0.365. The summed E-state index contributed by atoms with van der Waals surface area (Å²) in [5.74, 6) is 1.35. The Hall–Kier alpha value is -1.26. The molecule has 1 aromatic rings. The Morgan fingerprint density at radius 3 is 2.24 bits per heavy atom. The van der Waals surface area contributed by atoms with Gasteiger partial charge in [0.1, 0.15) is 17.1 Å². The largest absolute Gasteiger partial charge is 0.497 e. The van der Waals surface area contributed by atoms with Crippen LogP contribution in [0.4, 0.5) is 0 Å². The van der Waals surface area contributed by atoms with Gasteiger partial charge in [0.2, 0.25) is 0 Å². The highest BCUT2D eigenvalue weighted by Crippen LogP contribution is 2.38. The Labute approximate surface area is 101 Å². The van der Waals surface area contributed by atoms with Crippen molar-refractivity contribution >= 4 is 0 Å². The molecular weight excluding hydrogens is 220 g/mol. The topological polar surface area (TPSA) is 47.9 Å². The number of aliphatic hydroxyl groups is 1. The molecule has 2 atom stereocenters. The fourth-order valence-corrected chi connectivity index (χ4v) is 2.17. The zero-order valence-electron chi connectivity index (χ0n) is 10.4. The Morgan fingerprint density at radius 2 is 1.82 bits per heavy atom. The lowest BCUT2D eigenvalue weighted by molar-refractivity contribution is -0.0319. The van der Waals surface area contributed by atoms with E-state index in [2.05, 4.69) is 0 Å². The van der Waals surface area contributed by atoms with Crippen molar-refractivity contribution in [3.63, 3.8) is 0 Å². The van der Waals surface area contributed by atoms with Gasteiger partial charge in [-0.05, 0) is 24.6 Å². The predicted octanol–water partition coefficient (Wildman–Crippen LogP) is 1.70. The highest BCUT2D eigenvalue weighted by Gasteiger charge is 2.41. The van der Waals surface area contributed by atoms with Crippen molar-refractivity contribution in [1.82, 2.24) is 0 Å². The van der Waals surface area contributed by atoms with Crippen LogP contribution in [0.1, 0.15) is 18.9 Å². The average Bonchev–Trinajstić information content (AvgIpc) is 2.70. The van der Waals surface area contributed by atoms with Gasteiger partial charge in [0.25, 0.3) is 0 Å². The fourth-order valence-electron chi connectivity index (χ4n) is 2.17. The van der Waals surface area contributed by atoms with Gasteiger partial charge in [0.15, 0.2) is 0 Å². The van der Waals surface area contributed by atoms with Crippen LogP contribution in [0.5, 0.6) is 11.5 Å². The van der Waals surface area contributed by atoms with E-state index in [9.17, 15) is 5.11 Å². The summed E-state index contributed by atoms with van der Waals surface area (Å²) in [5, 5.41) is 10.6. The van der Waals surface area contributed by atoms with Crippen LogP contribution in [0.2, 0.25) is 0 Å². The summed E-state index contributed by atoms with van der Waals surface area (Å²) < 4.78 is 15.8. The first kappa shape index (κ1) is 12.2. The minimum Gasteiger partial charge on any atom is -0.497 e. The van der Waals surface area contributed by atoms with E-state index >= 15 is 0 Å². The molecule has 0 aliphatic carbocycles. The van der Waals surface area contributed by atoms with E-state index < -0.39 is 5.60 Å². The van der Waals surface area contributed by atoms with E-state index in [1.807, 2.05) is 19.1 Å². The molecule has 0 spiro atoms. The van der Waals surface area contributed by atoms with Crippen molar-refractivity contribution < 1.29 is 19.3 Å². The van der Waals surface area contributed by atoms with Crippen LogP contribution in [0, 0.1) is 0 Å². The van der Waals surface area contributed by atoms with Crippen molar-refractivity contribution in [3.05, 3.63) is 23.8 Å². The monoisotopic (exact) mass is 238 g/mol. The fraction of sp³-hybridized carbons (Fsp3) is 0.538. The minimum atomic E-state index is -0.957. The third-order valence-electron chi connectivity index (χ3n) is 3.37. The molecule has 4 nitrogen and oxygen atoms in total. The van der Waals surface area contributed by atoms with Crippen LogP contribution in [-0.2, 0) is 10.3 Å². The van der Waals surface area contributed by atoms with E-state index in [1.165, 1.54) is 0 Å². The second kappa shape index (κ2) is 4.55. The second-order valence-electron chi connectivity index (χ2n) is 4.29. The minimum absolute atomic E-state index is 0.223. The molecule has 1 aromatic carbocycles. The molecule has 1 aliphatic heterocycles. The zero-order valence-corrected chi connectivity index (χ0v) is 10.4. The van der Waals surface area contributed by atoms with Crippen molar-refractivity contribution in [1.29, 1.82) is 0 Å². The molecule has 1 saturated heterocycles. The molecule has 1 fully saturated rings. The maximum absolute atomic E-state index is 10.6. The van der Waals surface area contributed by atoms with Gasteiger partial charge in [-0.2, -0.15) is 0 Å².